The van der Waals surface area contributed by atoms with Crippen LogP contribution in [0.4, 0.5) is 0 Å². The number of carbonyl (C=O) groups is 1. The normalized spacial score (nSPS) is 29.0. The third kappa shape index (κ3) is 4.31. The van der Waals surface area contributed by atoms with Gasteiger partial charge in [0.1, 0.15) is 5.75 Å². The van der Waals surface area contributed by atoms with E-state index in [2.05, 4.69) is 31.7 Å². The number of phenols is 1. The molecule has 27 heavy (non-hydrogen) atoms. The quantitative estimate of drug-likeness (QED) is 0.725. The van der Waals surface area contributed by atoms with E-state index in [9.17, 15) is 9.90 Å². The Morgan fingerprint density at radius 1 is 1.33 bits per heavy atom. The van der Waals surface area contributed by atoms with E-state index in [0.29, 0.717) is 24.1 Å². The fraction of sp³-hybridized carbons (Fsp3) is 0.696. The molecule has 3 atom stereocenters. The lowest BCUT2D eigenvalue weighted by Gasteiger charge is -2.52. The van der Waals surface area contributed by atoms with Gasteiger partial charge in [0, 0.05) is 24.4 Å². The summed E-state index contributed by atoms with van der Waals surface area (Å²) in [6.07, 6.45) is 7.01. The molecular formula is C23H36N2O2. The summed E-state index contributed by atoms with van der Waals surface area (Å²) in [6.45, 7) is 9.24. The number of amides is 1. The molecule has 2 aliphatic rings. The number of phenolic OH excluding ortho intramolecular Hbond substituents is 1. The Morgan fingerprint density at radius 3 is 2.70 bits per heavy atom. The maximum atomic E-state index is 11.4. The molecule has 1 aromatic rings. The highest BCUT2D eigenvalue weighted by molar-refractivity contribution is 5.73. The summed E-state index contributed by atoms with van der Waals surface area (Å²) in [5.41, 5.74) is 8.04. The summed E-state index contributed by atoms with van der Waals surface area (Å²) < 4.78 is 0. The summed E-state index contributed by atoms with van der Waals surface area (Å²) >= 11 is 0. The van der Waals surface area contributed by atoms with Crippen LogP contribution >= 0.6 is 0 Å². The van der Waals surface area contributed by atoms with Gasteiger partial charge in [0.05, 0.1) is 0 Å². The lowest BCUT2D eigenvalue weighted by Crippen LogP contribution is -2.54. The molecule has 2 fully saturated rings. The maximum absolute atomic E-state index is 11.4. The molecular weight excluding hydrogens is 336 g/mol. The van der Waals surface area contributed by atoms with Gasteiger partial charge in [-0.2, -0.15) is 0 Å². The molecule has 1 aliphatic heterocycles. The lowest BCUT2D eigenvalue weighted by atomic mass is 9.60. The van der Waals surface area contributed by atoms with Gasteiger partial charge in [-0.1, -0.05) is 19.9 Å². The number of aromatic hydroxyl groups is 1. The van der Waals surface area contributed by atoms with Crippen LogP contribution in [0.15, 0.2) is 18.2 Å². The minimum Gasteiger partial charge on any atom is -0.508 e. The highest BCUT2D eigenvalue weighted by Crippen LogP contribution is 2.49. The minimum atomic E-state index is -0.219. The average molecular weight is 373 g/mol. The number of hydrogen-bond acceptors (Lipinski definition) is 3. The fourth-order valence-corrected chi connectivity index (χ4v) is 5.22. The number of likely N-dealkylation sites (tertiary alicyclic amines) is 1. The molecule has 1 saturated heterocycles. The third-order valence-corrected chi connectivity index (χ3v) is 7.26. The molecule has 1 aromatic carbocycles. The third-order valence-electron chi connectivity index (χ3n) is 7.26. The van der Waals surface area contributed by atoms with Gasteiger partial charge < -0.3 is 15.7 Å². The van der Waals surface area contributed by atoms with E-state index in [1.807, 2.05) is 6.07 Å². The molecule has 0 radical (unpaired) electrons. The van der Waals surface area contributed by atoms with Crippen LogP contribution in [0.3, 0.4) is 0 Å². The van der Waals surface area contributed by atoms with Crippen molar-refractivity contribution in [1.29, 1.82) is 0 Å². The van der Waals surface area contributed by atoms with Crippen molar-refractivity contribution in [3.05, 3.63) is 29.3 Å². The van der Waals surface area contributed by atoms with Crippen LogP contribution < -0.4 is 5.73 Å². The predicted octanol–water partition coefficient (Wildman–Crippen LogP) is 3.99. The Kier molecular flexibility index (Phi) is 6.15. The van der Waals surface area contributed by atoms with Crippen LogP contribution in [-0.4, -0.2) is 35.0 Å². The second kappa shape index (κ2) is 8.22. The second-order valence-electron chi connectivity index (χ2n) is 8.89. The summed E-state index contributed by atoms with van der Waals surface area (Å²) in [5, 5.41) is 10.2. The van der Waals surface area contributed by atoms with Crippen molar-refractivity contribution in [3.8, 4) is 5.75 Å². The monoisotopic (exact) mass is 372 g/mol. The van der Waals surface area contributed by atoms with E-state index in [4.69, 9.17) is 5.73 Å². The Morgan fingerprint density at radius 2 is 2.07 bits per heavy atom. The van der Waals surface area contributed by atoms with Gasteiger partial charge in [0.2, 0.25) is 5.91 Å². The average Bonchev–Trinajstić information content (AvgIpc) is 3.45. The van der Waals surface area contributed by atoms with Crippen molar-refractivity contribution < 1.29 is 9.90 Å². The first-order valence-electron chi connectivity index (χ1n) is 10.7. The number of nitrogens with zero attached hydrogens (tertiary/aromatic N) is 1. The zero-order valence-corrected chi connectivity index (χ0v) is 17.2. The van der Waals surface area contributed by atoms with E-state index < -0.39 is 0 Å². The zero-order chi connectivity index (χ0) is 19.6. The number of carbonyl (C=O) groups excluding carboxylic acids is 1. The number of rotatable bonds is 8. The predicted molar refractivity (Wildman–Crippen MR) is 110 cm³/mol. The van der Waals surface area contributed by atoms with Gasteiger partial charge in [-0.05, 0) is 87.1 Å². The summed E-state index contributed by atoms with van der Waals surface area (Å²) in [6, 6.07) is 6.37. The standard InChI is InChI=1S/C23H36N2O2/c1-4-19-9-10-20(26)14-21(19)23(11-5-6-22(24)27)12-13-25(15-18-7-8-18)17(3)16(23)2/h9-10,14,16-18,26H,4-8,11-13,15H2,1-3H3,(H2,24,27)/t16-,17?,23-/m0/s1. The van der Waals surface area contributed by atoms with E-state index >= 15 is 0 Å². The number of aryl methyl sites for hydroxylation is 1. The van der Waals surface area contributed by atoms with Crippen molar-refractivity contribution in [2.75, 3.05) is 13.1 Å². The van der Waals surface area contributed by atoms with Crippen LogP contribution in [0, 0.1) is 11.8 Å². The van der Waals surface area contributed by atoms with Gasteiger partial charge in [0.25, 0.3) is 0 Å². The Balaban J connectivity index is 1.93. The largest absolute Gasteiger partial charge is 0.508 e. The van der Waals surface area contributed by atoms with Crippen molar-refractivity contribution in [2.45, 2.75) is 77.2 Å². The first-order chi connectivity index (χ1) is 12.9. The van der Waals surface area contributed by atoms with Gasteiger partial charge in [-0.15, -0.1) is 0 Å². The fourth-order valence-electron chi connectivity index (χ4n) is 5.22. The van der Waals surface area contributed by atoms with Crippen molar-refractivity contribution in [2.24, 2.45) is 17.6 Å². The first-order valence-corrected chi connectivity index (χ1v) is 10.7. The molecule has 4 nitrogen and oxygen atoms in total. The summed E-state index contributed by atoms with van der Waals surface area (Å²) in [4.78, 5) is 14.0. The molecule has 1 aliphatic carbocycles. The van der Waals surface area contributed by atoms with Gasteiger partial charge in [-0.25, -0.2) is 0 Å². The van der Waals surface area contributed by atoms with Crippen molar-refractivity contribution in [1.82, 2.24) is 4.90 Å². The topological polar surface area (TPSA) is 66.6 Å². The van der Waals surface area contributed by atoms with Crippen LogP contribution in [0.25, 0.3) is 0 Å². The smallest absolute Gasteiger partial charge is 0.217 e. The molecule has 1 saturated carbocycles. The van der Waals surface area contributed by atoms with Gasteiger partial charge >= 0.3 is 0 Å². The molecule has 1 amide bonds. The zero-order valence-electron chi connectivity index (χ0n) is 17.2. The van der Waals surface area contributed by atoms with E-state index in [1.54, 1.807) is 6.07 Å². The SMILES string of the molecule is CCc1ccc(O)cc1[C@@]1(CCCC(N)=O)CCN(CC2CC2)C(C)[C@@H]1C. The molecule has 0 spiro atoms. The lowest BCUT2D eigenvalue weighted by molar-refractivity contribution is -0.118. The Hall–Kier alpha value is -1.55. The van der Waals surface area contributed by atoms with Crippen molar-refractivity contribution >= 4 is 5.91 Å². The van der Waals surface area contributed by atoms with E-state index in [0.717, 1.165) is 38.1 Å². The number of benzene rings is 1. The molecule has 3 rings (SSSR count). The molecule has 0 aromatic heterocycles. The van der Waals surface area contributed by atoms with Crippen LogP contribution in [0.2, 0.25) is 0 Å². The molecule has 3 N–H and O–H groups in total. The highest BCUT2D eigenvalue weighted by atomic mass is 16.3. The van der Waals surface area contributed by atoms with Crippen LogP contribution in [-0.2, 0) is 16.6 Å². The number of hydrogen-bond donors (Lipinski definition) is 2. The molecule has 0 bridgehead atoms. The molecule has 1 unspecified atom stereocenters. The molecule has 150 valence electrons. The Bertz CT molecular complexity index is 670. The molecule has 1 heterocycles. The first kappa shape index (κ1) is 20.2. The summed E-state index contributed by atoms with van der Waals surface area (Å²) in [7, 11) is 0. The highest BCUT2D eigenvalue weighted by Gasteiger charge is 2.46. The van der Waals surface area contributed by atoms with E-state index in [-0.39, 0.29) is 11.3 Å². The van der Waals surface area contributed by atoms with Gasteiger partial charge in [0.15, 0.2) is 0 Å². The number of nitrogens with two attached hydrogens (primary N) is 1. The minimum absolute atomic E-state index is 0.000991. The number of piperidine rings is 1. The van der Waals surface area contributed by atoms with Gasteiger partial charge in [-0.3, -0.25) is 4.79 Å². The van der Waals surface area contributed by atoms with Crippen molar-refractivity contribution in [3.63, 3.8) is 0 Å². The number of primary amides is 1. The van der Waals surface area contributed by atoms with Crippen LogP contribution in [0.5, 0.6) is 5.75 Å². The Labute approximate surface area is 164 Å². The molecule has 4 heteroatoms. The second-order valence-corrected chi connectivity index (χ2v) is 8.89. The van der Waals surface area contributed by atoms with E-state index in [1.165, 1.54) is 30.5 Å². The maximum Gasteiger partial charge on any atom is 0.217 e. The summed E-state index contributed by atoms with van der Waals surface area (Å²) in [5.74, 6) is 1.49. The van der Waals surface area contributed by atoms with Crippen LogP contribution in [0.1, 0.15) is 70.4 Å².